The molecule has 0 aliphatic carbocycles. The second kappa shape index (κ2) is 3.48. The van der Waals surface area contributed by atoms with Crippen molar-refractivity contribution in [1.29, 1.82) is 0 Å². The second-order valence-electron chi connectivity index (χ2n) is 4.19. The number of hydrogen-bond donors (Lipinski definition) is 1. The monoisotopic (exact) mass is 269 g/mol. The predicted molar refractivity (Wildman–Crippen MR) is 61.3 cm³/mol. The van der Waals surface area contributed by atoms with Crippen LogP contribution in [0.15, 0.2) is 22.8 Å². The van der Waals surface area contributed by atoms with Crippen LogP contribution in [0.25, 0.3) is 0 Å². The zero-order valence-electron chi connectivity index (χ0n) is 8.62. The van der Waals surface area contributed by atoms with Gasteiger partial charge in [-0.2, -0.15) is 0 Å². The minimum absolute atomic E-state index is 0.0321. The summed E-state index contributed by atoms with van der Waals surface area (Å²) < 4.78 is 0.926. The number of carbonyl (C=O) groups is 1. The normalized spacial score (nSPS) is 19.1. The molecule has 0 atom stereocenters. The Labute approximate surface area is 96.8 Å². The maximum absolute atomic E-state index is 11.3. The molecule has 0 spiro atoms. The van der Waals surface area contributed by atoms with Crippen LogP contribution < -0.4 is 10.4 Å². The lowest BCUT2D eigenvalue weighted by atomic mass is 10.0. The van der Waals surface area contributed by atoms with Crippen molar-refractivity contribution in [3.63, 3.8) is 0 Å². The molecule has 0 aromatic carbocycles. The largest absolute Gasteiger partial charge is 0.273 e. The third kappa shape index (κ3) is 1.97. The van der Waals surface area contributed by atoms with Crippen molar-refractivity contribution in [2.24, 2.45) is 0 Å². The highest BCUT2D eigenvalue weighted by Crippen LogP contribution is 2.27. The molecule has 1 fully saturated rings. The lowest BCUT2D eigenvalue weighted by molar-refractivity contribution is -0.119. The molecule has 1 aromatic rings. The minimum atomic E-state index is -0.224. The first-order valence-corrected chi connectivity index (χ1v) is 5.50. The van der Waals surface area contributed by atoms with Crippen molar-refractivity contribution in [2.45, 2.75) is 25.8 Å². The van der Waals surface area contributed by atoms with Crippen molar-refractivity contribution in [1.82, 2.24) is 10.4 Å². The molecular formula is C10H12BrN3O. The van der Waals surface area contributed by atoms with Gasteiger partial charge in [0.05, 0.1) is 12.0 Å². The van der Waals surface area contributed by atoms with Crippen molar-refractivity contribution >= 4 is 27.7 Å². The van der Waals surface area contributed by atoms with Gasteiger partial charge in [-0.05, 0) is 41.9 Å². The van der Waals surface area contributed by atoms with Gasteiger partial charge in [0.2, 0.25) is 5.91 Å². The number of halogens is 1. The van der Waals surface area contributed by atoms with E-state index in [4.69, 9.17) is 0 Å². The Kier molecular flexibility index (Phi) is 2.42. The first-order valence-electron chi connectivity index (χ1n) is 4.70. The van der Waals surface area contributed by atoms with E-state index >= 15 is 0 Å². The molecule has 1 amide bonds. The third-order valence-electron chi connectivity index (χ3n) is 2.38. The Morgan fingerprint density at radius 1 is 1.53 bits per heavy atom. The molecule has 5 heteroatoms. The molecule has 1 aliphatic heterocycles. The van der Waals surface area contributed by atoms with Crippen LogP contribution in [0.4, 0.5) is 5.82 Å². The molecule has 1 aliphatic rings. The number of aromatic nitrogens is 1. The van der Waals surface area contributed by atoms with E-state index in [9.17, 15) is 4.79 Å². The average molecular weight is 270 g/mol. The van der Waals surface area contributed by atoms with Crippen molar-refractivity contribution in [3.05, 3.63) is 22.8 Å². The number of amides is 1. The van der Waals surface area contributed by atoms with Crippen LogP contribution in [0.5, 0.6) is 0 Å². The van der Waals surface area contributed by atoms with E-state index in [2.05, 4.69) is 26.3 Å². The van der Waals surface area contributed by atoms with Crippen molar-refractivity contribution in [2.75, 3.05) is 5.01 Å². The zero-order chi connectivity index (χ0) is 11.1. The summed E-state index contributed by atoms with van der Waals surface area (Å²) in [6.07, 6.45) is 2.21. The number of rotatable bonds is 1. The molecule has 4 nitrogen and oxygen atoms in total. The van der Waals surface area contributed by atoms with Gasteiger partial charge in [0.15, 0.2) is 0 Å². The van der Waals surface area contributed by atoms with Gasteiger partial charge >= 0.3 is 0 Å². The molecule has 0 unspecified atom stereocenters. The summed E-state index contributed by atoms with van der Waals surface area (Å²) >= 11 is 3.33. The first kappa shape index (κ1) is 10.4. The molecular weight excluding hydrogens is 258 g/mol. The van der Waals surface area contributed by atoms with E-state index in [-0.39, 0.29) is 11.4 Å². The fourth-order valence-corrected chi connectivity index (χ4v) is 1.89. The Morgan fingerprint density at radius 3 is 2.73 bits per heavy atom. The van der Waals surface area contributed by atoms with Crippen LogP contribution in [0, 0.1) is 0 Å². The minimum Gasteiger partial charge on any atom is -0.273 e. The van der Waals surface area contributed by atoms with Crippen LogP contribution in [0.3, 0.4) is 0 Å². The van der Waals surface area contributed by atoms with Gasteiger partial charge in [0.25, 0.3) is 0 Å². The van der Waals surface area contributed by atoms with Gasteiger partial charge in [-0.25, -0.2) is 4.98 Å². The summed E-state index contributed by atoms with van der Waals surface area (Å²) in [6, 6.07) is 3.78. The fourth-order valence-electron chi connectivity index (χ4n) is 1.66. The molecule has 0 bridgehead atoms. The summed E-state index contributed by atoms with van der Waals surface area (Å²) in [5.41, 5.74) is 2.57. The van der Waals surface area contributed by atoms with E-state index < -0.39 is 0 Å². The van der Waals surface area contributed by atoms with Gasteiger partial charge in [0.1, 0.15) is 5.82 Å². The number of nitrogens with zero attached hydrogens (tertiary/aromatic N) is 2. The molecule has 0 radical (unpaired) electrons. The van der Waals surface area contributed by atoms with Crippen molar-refractivity contribution < 1.29 is 4.79 Å². The molecule has 1 saturated heterocycles. The van der Waals surface area contributed by atoms with Crippen LogP contribution in [-0.4, -0.2) is 16.4 Å². The fraction of sp³-hybridized carbons (Fsp3) is 0.400. The number of hydrogen-bond acceptors (Lipinski definition) is 3. The number of anilines is 1. The number of nitrogens with one attached hydrogen (secondary N) is 1. The summed E-state index contributed by atoms with van der Waals surface area (Å²) in [5.74, 6) is 0.791. The standard InChI is InChI=1S/C10H12BrN3O/c1-10(2)5-9(15)13-14(10)8-4-3-7(11)6-12-8/h3-4,6H,5H2,1-2H3,(H,13,15). The summed E-state index contributed by atoms with van der Waals surface area (Å²) in [7, 11) is 0. The lowest BCUT2D eigenvalue weighted by Gasteiger charge is -2.30. The highest BCUT2D eigenvalue weighted by Gasteiger charge is 2.38. The van der Waals surface area contributed by atoms with E-state index in [1.807, 2.05) is 31.0 Å². The highest BCUT2D eigenvalue weighted by atomic mass is 79.9. The molecule has 2 rings (SSSR count). The maximum atomic E-state index is 11.3. The van der Waals surface area contributed by atoms with Gasteiger partial charge in [-0.3, -0.25) is 15.2 Å². The average Bonchev–Trinajstić information content (AvgIpc) is 2.41. The molecule has 0 saturated carbocycles. The van der Waals surface area contributed by atoms with Crippen LogP contribution >= 0.6 is 15.9 Å². The van der Waals surface area contributed by atoms with E-state index in [1.54, 1.807) is 6.20 Å². The predicted octanol–water partition coefficient (Wildman–Crippen LogP) is 1.86. The Balaban J connectivity index is 2.31. The number of pyridine rings is 1. The van der Waals surface area contributed by atoms with Gasteiger partial charge in [0, 0.05) is 10.7 Å². The summed E-state index contributed by atoms with van der Waals surface area (Å²) in [5, 5.41) is 1.81. The molecule has 15 heavy (non-hydrogen) atoms. The number of carbonyl (C=O) groups excluding carboxylic acids is 1. The quantitative estimate of drug-likeness (QED) is 0.847. The first-order chi connectivity index (χ1) is 6.99. The Morgan fingerprint density at radius 2 is 2.27 bits per heavy atom. The molecule has 2 heterocycles. The van der Waals surface area contributed by atoms with Gasteiger partial charge in [-0.15, -0.1) is 0 Å². The van der Waals surface area contributed by atoms with Crippen molar-refractivity contribution in [3.8, 4) is 0 Å². The maximum Gasteiger partial charge on any atom is 0.240 e. The Hall–Kier alpha value is -1.10. The SMILES string of the molecule is CC1(C)CC(=O)NN1c1ccc(Br)cn1. The van der Waals surface area contributed by atoms with Gasteiger partial charge < -0.3 is 0 Å². The van der Waals surface area contributed by atoms with Crippen LogP contribution in [0.2, 0.25) is 0 Å². The highest BCUT2D eigenvalue weighted by molar-refractivity contribution is 9.10. The van der Waals surface area contributed by atoms with E-state index in [0.29, 0.717) is 6.42 Å². The smallest absolute Gasteiger partial charge is 0.240 e. The second-order valence-corrected chi connectivity index (χ2v) is 5.11. The van der Waals surface area contributed by atoms with E-state index in [1.165, 1.54) is 0 Å². The summed E-state index contributed by atoms with van der Waals surface area (Å²) in [6.45, 7) is 4.02. The molecule has 1 N–H and O–H groups in total. The van der Waals surface area contributed by atoms with E-state index in [0.717, 1.165) is 10.3 Å². The summed E-state index contributed by atoms with van der Waals surface area (Å²) in [4.78, 5) is 15.6. The molecule has 1 aromatic heterocycles. The molecule has 80 valence electrons. The van der Waals surface area contributed by atoms with Crippen LogP contribution in [0.1, 0.15) is 20.3 Å². The topological polar surface area (TPSA) is 45.2 Å². The van der Waals surface area contributed by atoms with Gasteiger partial charge in [-0.1, -0.05) is 0 Å². The lowest BCUT2D eigenvalue weighted by Crippen LogP contribution is -2.45. The third-order valence-corrected chi connectivity index (χ3v) is 2.84. The Bertz CT molecular complexity index is 388. The number of hydrazine groups is 1. The van der Waals surface area contributed by atoms with Crippen LogP contribution in [-0.2, 0) is 4.79 Å². The zero-order valence-corrected chi connectivity index (χ0v) is 10.2.